The number of anilines is 1. The summed E-state index contributed by atoms with van der Waals surface area (Å²) in [5.74, 6) is -0.255. The van der Waals surface area contributed by atoms with Gasteiger partial charge in [-0.05, 0) is 42.3 Å². The van der Waals surface area contributed by atoms with Gasteiger partial charge in [-0.3, -0.25) is 14.6 Å². The fraction of sp³-hybridized carbons (Fsp3) is 0.136. The third kappa shape index (κ3) is 5.51. The SMILES string of the molecule is Cc1cccc(CC(=O)Nc2cccc(CNC(=O)c3cccnc3)c2)c1. The summed E-state index contributed by atoms with van der Waals surface area (Å²) in [6, 6.07) is 18.8. The van der Waals surface area contributed by atoms with Gasteiger partial charge in [-0.1, -0.05) is 42.0 Å². The van der Waals surface area contributed by atoms with Gasteiger partial charge in [0.1, 0.15) is 0 Å². The molecule has 2 N–H and O–H groups in total. The molecule has 1 aromatic heterocycles. The predicted octanol–water partition coefficient (Wildman–Crippen LogP) is 3.50. The van der Waals surface area contributed by atoms with Crippen molar-refractivity contribution in [2.45, 2.75) is 19.9 Å². The Kier molecular flexibility index (Phi) is 5.94. The van der Waals surface area contributed by atoms with E-state index in [1.165, 1.54) is 6.20 Å². The number of amides is 2. The number of nitrogens with one attached hydrogen (secondary N) is 2. The van der Waals surface area contributed by atoms with Gasteiger partial charge < -0.3 is 10.6 Å². The Morgan fingerprint density at radius 2 is 1.78 bits per heavy atom. The normalized spacial score (nSPS) is 10.3. The highest BCUT2D eigenvalue weighted by atomic mass is 16.2. The molecule has 2 aromatic carbocycles. The first kappa shape index (κ1) is 18.3. The predicted molar refractivity (Wildman–Crippen MR) is 105 cm³/mol. The first-order valence-corrected chi connectivity index (χ1v) is 8.73. The highest BCUT2D eigenvalue weighted by Gasteiger charge is 2.07. The molecule has 136 valence electrons. The Morgan fingerprint density at radius 1 is 0.963 bits per heavy atom. The van der Waals surface area contributed by atoms with Gasteiger partial charge in [0, 0.05) is 24.6 Å². The Labute approximate surface area is 158 Å². The molecule has 1 heterocycles. The van der Waals surface area contributed by atoms with Crippen LogP contribution in [0.2, 0.25) is 0 Å². The summed E-state index contributed by atoms with van der Waals surface area (Å²) >= 11 is 0. The molecule has 0 fully saturated rings. The Bertz CT molecular complexity index is 939. The standard InChI is InChI=1S/C22H21N3O2/c1-16-5-2-6-17(11-16)13-21(26)25-20-9-3-7-18(12-20)14-24-22(27)19-8-4-10-23-15-19/h2-12,15H,13-14H2,1H3,(H,24,27)(H,25,26). The second-order valence-corrected chi connectivity index (χ2v) is 6.34. The molecule has 0 unspecified atom stereocenters. The van der Waals surface area contributed by atoms with E-state index in [0.717, 1.165) is 16.7 Å². The van der Waals surface area contributed by atoms with Gasteiger partial charge in [0.2, 0.25) is 5.91 Å². The molecule has 0 aliphatic heterocycles. The molecule has 0 saturated heterocycles. The van der Waals surface area contributed by atoms with Crippen LogP contribution in [0.15, 0.2) is 73.1 Å². The molecular weight excluding hydrogens is 338 g/mol. The monoisotopic (exact) mass is 359 g/mol. The van der Waals surface area contributed by atoms with E-state index >= 15 is 0 Å². The van der Waals surface area contributed by atoms with Crippen LogP contribution in [0, 0.1) is 6.92 Å². The minimum Gasteiger partial charge on any atom is -0.348 e. The van der Waals surface area contributed by atoms with Crippen LogP contribution >= 0.6 is 0 Å². The summed E-state index contributed by atoms with van der Waals surface area (Å²) in [4.78, 5) is 28.3. The van der Waals surface area contributed by atoms with Crippen LogP contribution in [-0.2, 0) is 17.8 Å². The van der Waals surface area contributed by atoms with Gasteiger partial charge >= 0.3 is 0 Å². The zero-order valence-electron chi connectivity index (χ0n) is 15.1. The van der Waals surface area contributed by atoms with Crippen molar-refractivity contribution in [2.24, 2.45) is 0 Å². The van der Waals surface area contributed by atoms with E-state index in [1.807, 2.05) is 55.5 Å². The van der Waals surface area contributed by atoms with Crippen LogP contribution in [0.5, 0.6) is 0 Å². The molecule has 0 saturated carbocycles. The minimum absolute atomic E-state index is 0.0721. The fourth-order valence-corrected chi connectivity index (χ4v) is 2.75. The number of aryl methyl sites for hydroxylation is 1. The summed E-state index contributed by atoms with van der Waals surface area (Å²) < 4.78 is 0. The van der Waals surface area contributed by atoms with Crippen molar-refractivity contribution in [3.63, 3.8) is 0 Å². The van der Waals surface area contributed by atoms with Crippen LogP contribution in [-0.4, -0.2) is 16.8 Å². The molecule has 5 heteroatoms. The number of nitrogens with zero attached hydrogens (tertiary/aromatic N) is 1. The number of benzene rings is 2. The number of aromatic nitrogens is 1. The average Bonchev–Trinajstić information content (AvgIpc) is 2.67. The van der Waals surface area contributed by atoms with E-state index in [1.54, 1.807) is 18.3 Å². The molecule has 2 amide bonds. The maximum Gasteiger partial charge on any atom is 0.253 e. The van der Waals surface area contributed by atoms with Crippen LogP contribution in [0.4, 0.5) is 5.69 Å². The van der Waals surface area contributed by atoms with E-state index in [2.05, 4.69) is 15.6 Å². The number of rotatable bonds is 6. The summed E-state index contributed by atoms with van der Waals surface area (Å²) in [6.45, 7) is 2.37. The molecule has 0 aliphatic carbocycles. The molecule has 0 aliphatic rings. The maximum atomic E-state index is 12.3. The van der Waals surface area contributed by atoms with Crippen molar-refractivity contribution in [1.82, 2.24) is 10.3 Å². The number of hydrogen-bond donors (Lipinski definition) is 2. The molecule has 5 nitrogen and oxygen atoms in total. The van der Waals surface area contributed by atoms with Crippen molar-refractivity contribution in [1.29, 1.82) is 0 Å². The summed E-state index contributed by atoms with van der Waals surface area (Å²) in [6.07, 6.45) is 3.47. The lowest BCUT2D eigenvalue weighted by Crippen LogP contribution is -2.23. The number of carbonyl (C=O) groups excluding carboxylic acids is 2. The molecule has 0 atom stereocenters. The summed E-state index contributed by atoms with van der Waals surface area (Å²) in [5, 5.41) is 5.76. The van der Waals surface area contributed by atoms with Crippen LogP contribution in [0.1, 0.15) is 27.0 Å². The largest absolute Gasteiger partial charge is 0.348 e. The zero-order chi connectivity index (χ0) is 19.1. The lowest BCUT2D eigenvalue weighted by Gasteiger charge is -2.09. The second kappa shape index (κ2) is 8.76. The maximum absolute atomic E-state index is 12.3. The Morgan fingerprint density at radius 3 is 2.56 bits per heavy atom. The quantitative estimate of drug-likeness (QED) is 0.708. The van der Waals surface area contributed by atoms with Gasteiger partial charge in [-0.25, -0.2) is 0 Å². The summed E-state index contributed by atoms with van der Waals surface area (Å²) in [5.41, 5.74) is 4.24. The smallest absolute Gasteiger partial charge is 0.253 e. The molecule has 0 radical (unpaired) electrons. The first-order valence-electron chi connectivity index (χ1n) is 8.73. The topological polar surface area (TPSA) is 71.1 Å². The third-order valence-electron chi connectivity index (χ3n) is 4.03. The molecule has 3 aromatic rings. The lowest BCUT2D eigenvalue weighted by atomic mass is 10.1. The van der Waals surface area contributed by atoms with Crippen molar-refractivity contribution in [3.8, 4) is 0 Å². The van der Waals surface area contributed by atoms with E-state index in [9.17, 15) is 9.59 Å². The van der Waals surface area contributed by atoms with Crippen molar-refractivity contribution < 1.29 is 9.59 Å². The van der Waals surface area contributed by atoms with E-state index in [-0.39, 0.29) is 11.8 Å². The fourth-order valence-electron chi connectivity index (χ4n) is 2.75. The molecular formula is C22H21N3O2. The van der Waals surface area contributed by atoms with Gasteiger partial charge in [0.05, 0.1) is 12.0 Å². The van der Waals surface area contributed by atoms with Crippen molar-refractivity contribution in [2.75, 3.05) is 5.32 Å². The number of pyridine rings is 1. The van der Waals surface area contributed by atoms with Crippen molar-refractivity contribution >= 4 is 17.5 Å². The number of carbonyl (C=O) groups is 2. The first-order chi connectivity index (χ1) is 13.1. The molecule has 0 spiro atoms. The number of hydrogen-bond acceptors (Lipinski definition) is 3. The van der Waals surface area contributed by atoms with E-state index in [4.69, 9.17) is 0 Å². The second-order valence-electron chi connectivity index (χ2n) is 6.34. The van der Waals surface area contributed by atoms with Crippen LogP contribution in [0.3, 0.4) is 0 Å². The Balaban J connectivity index is 1.57. The highest BCUT2D eigenvalue weighted by Crippen LogP contribution is 2.12. The van der Waals surface area contributed by atoms with E-state index < -0.39 is 0 Å². The molecule has 3 rings (SSSR count). The molecule has 0 bridgehead atoms. The van der Waals surface area contributed by atoms with Gasteiger partial charge in [0.25, 0.3) is 5.91 Å². The highest BCUT2D eigenvalue weighted by molar-refractivity contribution is 5.94. The van der Waals surface area contributed by atoms with Gasteiger partial charge in [-0.2, -0.15) is 0 Å². The van der Waals surface area contributed by atoms with Crippen LogP contribution < -0.4 is 10.6 Å². The third-order valence-corrected chi connectivity index (χ3v) is 4.03. The lowest BCUT2D eigenvalue weighted by molar-refractivity contribution is -0.115. The van der Waals surface area contributed by atoms with Crippen LogP contribution in [0.25, 0.3) is 0 Å². The summed E-state index contributed by atoms with van der Waals surface area (Å²) in [7, 11) is 0. The van der Waals surface area contributed by atoms with Crippen molar-refractivity contribution in [3.05, 3.63) is 95.3 Å². The Hall–Kier alpha value is -3.47. The van der Waals surface area contributed by atoms with Gasteiger partial charge in [0.15, 0.2) is 0 Å². The molecule has 27 heavy (non-hydrogen) atoms. The average molecular weight is 359 g/mol. The van der Waals surface area contributed by atoms with E-state index in [0.29, 0.717) is 24.2 Å². The zero-order valence-corrected chi connectivity index (χ0v) is 15.1. The minimum atomic E-state index is -0.183. The van der Waals surface area contributed by atoms with Gasteiger partial charge in [-0.15, -0.1) is 0 Å².